The van der Waals surface area contributed by atoms with Crippen molar-refractivity contribution in [3.8, 4) is 0 Å². The van der Waals surface area contributed by atoms with Gasteiger partial charge in [-0.05, 0) is 0 Å². The summed E-state index contributed by atoms with van der Waals surface area (Å²) in [5.41, 5.74) is 0. The van der Waals surface area contributed by atoms with E-state index in [9.17, 15) is 0 Å². The number of rotatable bonds is 0. The summed E-state index contributed by atoms with van der Waals surface area (Å²) in [6, 6.07) is 0. The average Bonchev–Trinajstić information content (AvgIpc) is 0. The van der Waals surface area contributed by atoms with E-state index in [1.807, 2.05) is 0 Å². The summed E-state index contributed by atoms with van der Waals surface area (Å²) in [5.74, 6) is 0. The lowest BCUT2D eigenvalue weighted by Crippen LogP contribution is -0.289. The van der Waals surface area contributed by atoms with Gasteiger partial charge < -0.3 is 5.48 Å². The van der Waals surface area contributed by atoms with Gasteiger partial charge in [0.05, 0.1) is 0 Å². The first-order valence-corrected chi connectivity index (χ1v) is 0. The topological polar surface area (TPSA) is 31.5 Å². The van der Waals surface area contributed by atoms with Gasteiger partial charge in [0, 0.05) is 0 Å². The second-order valence-electron chi connectivity index (χ2n) is 0. The maximum atomic E-state index is 0. The van der Waals surface area contributed by atoms with Gasteiger partial charge in [-0.25, -0.2) is 0 Å². The van der Waals surface area contributed by atoms with Crippen LogP contribution in [0.4, 0.5) is 0 Å². The van der Waals surface area contributed by atoms with Gasteiger partial charge in [-0.1, -0.05) is 44.6 Å². The molecule has 0 saturated carbocycles. The minimum atomic E-state index is 0. The number of hydrogen-bond donors (Lipinski definition) is 0. The van der Waals surface area contributed by atoms with Gasteiger partial charge in [0.25, 0.3) is 0 Å². The van der Waals surface area contributed by atoms with Crippen LogP contribution in [-0.4, -0.2) is 5.48 Å². The average molecular weight is 114 g/mol. The van der Waals surface area contributed by atoms with Crippen molar-refractivity contribution in [3.05, 3.63) is 0 Å². The van der Waals surface area contributed by atoms with E-state index in [1.165, 1.54) is 0 Å². The molecule has 0 aromatic rings. The van der Waals surface area contributed by atoms with Crippen LogP contribution in [0.2, 0.25) is 0 Å². The molecule has 0 saturated heterocycles. The van der Waals surface area contributed by atoms with Crippen LogP contribution in [0.5, 0.6) is 0 Å². The third-order valence-corrected chi connectivity index (χ3v) is 0. The molecule has 56 valence electrons. The first-order valence-electron chi connectivity index (χ1n) is 0. The van der Waals surface area contributed by atoms with Crippen LogP contribution in [0.3, 0.4) is 0 Å². The lowest BCUT2D eigenvalue weighted by Gasteiger charge is -0.412. The monoisotopic (exact) mass is 114 g/mol. The van der Waals surface area contributed by atoms with Crippen molar-refractivity contribution in [3.63, 3.8) is 0 Å². The van der Waals surface area contributed by atoms with E-state index in [1.54, 1.807) is 0 Å². The summed E-state index contributed by atoms with van der Waals surface area (Å²) in [4.78, 5) is 0. The van der Waals surface area contributed by atoms with E-state index in [0.29, 0.717) is 0 Å². The standard InChI is InChI=1S/6CH4.H2O/h6*1H4;1H2. The quantitative estimate of drug-likeness (QED) is 0.463. The zero-order valence-electron chi connectivity index (χ0n) is 0.500. The Morgan fingerprint density at radius 3 is 0.286 bits per heavy atom. The highest BCUT2D eigenvalue weighted by atomic mass is 16.0. The molecule has 0 atom stereocenters. The Labute approximate surface area is 51.1 Å². The van der Waals surface area contributed by atoms with Gasteiger partial charge in [0.2, 0.25) is 0 Å². The normalized spacial score (nSPS) is 0. The van der Waals surface area contributed by atoms with E-state index in [2.05, 4.69) is 0 Å². The zero-order valence-corrected chi connectivity index (χ0v) is 0.500. The Hall–Kier alpha value is -0.0400. The largest absolute Gasteiger partial charge is 0.412 e. The fourth-order valence-corrected chi connectivity index (χ4v) is 0. The molecule has 0 radical (unpaired) electrons. The molecule has 0 rings (SSSR count). The molecule has 0 amide bonds. The van der Waals surface area contributed by atoms with E-state index >= 15 is 0 Å². The fourth-order valence-electron chi connectivity index (χ4n) is 0. The minimum Gasteiger partial charge on any atom is -0.412 e. The summed E-state index contributed by atoms with van der Waals surface area (Å²) < 4.78 is 0. The lowest BCUT2D eigenvalue weighted by molar-refractivity contribution is 0.824. The summed E-state index contributed by atoms with van der Waals surface area (Å²) in [6.45, 7) is 0. The van der Waals surface area contributed by atoms with E-state index in [4.69, 9.17) is 0 Å². The Kier molecular flexibility index (Phi) is 2020000000. The van der Waals surface area contributed by atoms with Crippen molar-refractivity contribution in [1.82, 2.24) is 0 Å². The van der Waals surface area contributed by atoms with E-state index in [-0.39, 0.29) is 50.0 Å². The van der Waals surface area contributed by atoms with Crippen LogP contribution < -0.4 is 0 Å². The predicted molar refractivity (Wildman–Crippen MR) is 44.0 cm³/mol. The van der Waals surface area contributed by atoms with Crippen LogP contribution >= 0.6 is 0 Å². The summed E-state index contributed by atoms with van der Waals surface area (Å²) >= 11 is 0. The highest BCUT2D eigenvalue weighted by molar-refractivity contribution is 2.51. The Morgan fingerprint density at radius 2 is 0.286 bits per heavy atom. The summed E-state index contributed by atoms with van der Waals surface area (Å²) in [7, 11) is 0. The molecule has 0 aromatic carbocycles. The first-order chi connectivity index (χ1) is 0. The van der Waals surface area contributed by atoms with Crippen LogP contribution in [0, 0.1) is 0 Å². The van der Waals surface area contributed by atoms with Gasteiger partial charge in [-0.15, -0.1) is 0 Å². The molecule has 0 aliphatic carbocycles. The Bertz CT molecular complexity index is 4.14. The van der Waals surface area contributed by atoms with Gasteiger partial charge in [-0.3, -0.25) is 0 Å². The molecule has 0 unspecified atom stereocenters. The Morgan fingerprint density at radius 1 is 0.286 bits per heavy atom. The molecular weight excluding hydrogens is 88.1 g/mol. The SMILES string of the molecule is C.C.C.C.C.C.O. The highest BCUT2D eigenvalue weighted by Gasteiger charge is -0.0725. The van der Waals surface area contributed by atoms with Crippen LogP contribution in [0.1, 0.15) is 44.6 Å². The van der Waals surface area contributed by atoms with Crippen molar-refractivity contribution in [1.29, 1.82) is 0 Å². The van der Waals surface area contributed by atoms with Crippen LogP contribution in [-0.2, 0) is 0 Å². The minimum absolute atomic E-state index is 0. The van der Waals surface area contributed by atoms with Crippen molar-refractivity contribution < 1.29 is 5.48 Å². The smallest absolute Gasteiger partial charge is 0.0776 e. The van der Waals surface area contributed by atoms with Gasteiger partial charge in [0.15, 0.2) is 0 Å². The molecule has 0 spiro atoms. The maximum Gasteiger partial charge on any atom is -0.0776 e. The molecule has 1 nitrogen and oxygen atoms in total. The molecule has 0 bridgehead atoms. The molecule has 1 heteroatoms. The second-order valence-corrected chi connectivity index (χ2v) is 0. The predicted octanol–water partition coefficient (Wildman–Crippen LogP) is 2.99. The molecule has 0 heterocycles. The maximum absolute atomic E-state index is 0. The molecule has 0 fully saturated rings. The van der Waals surface area contributed by atoms with E-state index < -0.39 is 0 Å². The van der Waals surface area contributed by atoms with Crippen molar-refractivity contribution >= 4 is 0 Å². The van der Waals surface area contributed by atoms with E-state index in [0.717, 1.165) is 0 Å². The molecule has 0 aliphatic rings. The van der Waals surface area contributed by atoms with Crippen LogP contribution in [0.15, 0.2) is 0 Å². The summed E-state index contributed by atoms with van der Waals surface area (Å²) in [5, 5.41) is 0. The molecular formula is C6H26O. The molecule has 7 heavy (non-hydrogen) atoms. The van der Waals surface area contributed by atoms with Crippen LogP contribution in [0.25, 0.3) is 0 Å². The highest BCUT2D eigenvalue weighted by Crippen LogP contribution is 0.149. The lowest BCUT2D eigenvalue weighted by atomic mass is 12.0. The fraction of sp³-hybridized carbons (Fsp3) is 1.00. The molecule has 2 N–H and O–H groups in total. The Balaban J connectivity index is 0. The second kappa shape index (κ2) is 91600. The van der Waals surface area contributed by atoms with Gasteiger partial charge >= 0.3 is 0 Å². The summed E-state index contributed by atoms with van der Waals surface area (Å²) in [6.07, 6.45) is 0. The third kappa shape index (κ3) is 58400. The van der Waals surface area contributed by atoms with Crippen molar-refractivity contribution in [2.45, 2.75) is 44.6 Å². The van der Waals surface area contributed by atoms with Crippen molar-refractivity contribution in [2.24, 2.45) is 0 Å². The first kappa shape index (κ1) is 155000. The zero-order chi connectivity index (χ0) is 0. The van der Waals surface area contributed by atoms with Crippen molar-refractivity contribution in [2.75, 3.05) is 0 Å². The molecule has 0 aromatic heterocycles. The van der Waals surface area contributed by atoms with Gasteiger partial charge in [0.1, 0.15) is 0 Å². The van der Waals surface area contributed by atoms with Gasteiger partial charge in [-0.2, -0.15) is 0 Å². The third-order valence-electron chi connectivity index (χ3n) is 0. The number of hydrogen-bond acceptors (Lipinski definition) is 0. The molecule has 0 aliphatic heterocycles.